The number of nitrogens with zero attached hydrogens (tertiary/aromatic N) is 3. The van der Waals surface area contributed by atoms with E-state index in [0.29, 0.717) is 0 Å². The van der Waals surface area contributed by atoms with Gasteiger partial charge in [-0.3, -0.25) is 7.32 Å². The number of halogens is 15. The molecule has 0 aliphatic heterocycles. The normalized spacial score (nSPS) is 10.4. The molecule has 3 heterocycles. The molecule has 3 aromatic carbocycles. The number of aromatic nitrogens is 3. The van der Waals surface area contributed by atoms with Gasteiger partial charge in [-0.25, -0.2) is 39.5 Å². The molecule has 0 saturated heterocycles. The number of pyridine rings is 3. The minimum Gasteiger partial charge on any atom is -0.907 e. The van der Waals surface area contributed by atoms with E-state index in [1.165, 1.54) is 73.6 Å². The second-order valence-corrected chi connectivity index (χ2v) is 9.89. The van der Waals surface area contributed by atoms with Gasteiger partial charge in [0.25, 0.3) is 17.1 Å². The van der Waals surface area contributed by atoms with Crippen molar-refractivity contribution in [3.63, 3.8) is 0 Å². The molecule has 0 radical (unpaired) electrons. The minimum atomic E-state index is -2.92. The van der Waals surface area contributed by atoms with Gasteiger partial charge in [-0.1, -0.05) is 18.2 Å². The van der Waals surface area contributed by atoms with E-state index in [4.69, 9.17) is 15.1 Å². The number of hydrogen-bond acceptors (Lipinski definition) is 3. The summed E-state index contributed by atoms with van der Waals surface area (Å²) in [5.74, 6) is -29.5. The first-order chi connectivity index (χ1) is 25.8. The third kappa shape index (κ3) is 9.76. The SMILES string of the molecule is Fc1c(F)c(F)c(-[n+]2ccccc2)c(F)c1F.Fc1c(F)c(F)c(-[n+]2ccccc2)c(F)c1F.Fc1c(F)c(F)c(-[n+]2ccccc2)c(F)c1F.[O-]B([O-])[O-]. The molecule has 3 aromatic heterocycles. The van der Waals surface area contributed by atoms with Gasteiger partial charge in [0.1, 0.15) is 0 Å². The summed E-state index contributed by atoms with van der Waals surface area (Å²) in [6.07, 6.45) is 7.07. The maximum absolute atomic E-state index is 13.3. The smallest absolute Gasteiger partial charge is 0.289 e. The van der Waals surface area contributed by atoms with Crippen LogP contribution in [-0.4, -0.2) is 7.32 Å². The topological polar surface area (TPSA) is 80.8 Å². The largest absolute Gasteiger partial charge is 0.907 e. The third-order valence-corrected chi connectivity index (χ3v) is 6.48. The van der Waals surface area contributed by atoms with Crippen molar-refractivity contribution in [1.29, 1.82) is 0 Å². The highest BCUT2D eigenvalue weighted by Gasteiger charge is 2.34. The van der Waals surface area contributed by atoms with Crippen molar-refractivity contribution < 1.29 is 94.6 Å². The number of hydrogen-bond donors (Lipinski definition) is 0. The zero-order chi connectivity index (χ0) is 41.3. The second kappa shape index (κ2) is 18.9. The van der Waals surface area contributed by atoms with Crippen LogP contribution < -0.4 is 28.8 Å². The first-order valence-corrected chi connectivity index (χ1v) is 14.3. The predicted octanol–water partition coefficient (Wildman–Crippen LogP) is 4.03. The van der Waals surface area contributed by atoms with Crippen LogP contribution in [0.2, 0.25) is 0 Å². The lowest BCUT2D eigenvalue weighted by molar-refractivity contribution is -0.600. The third-order valence-electron chi connectivity index (χ3n) is 6.48. The standard InChI is InChI=1S/3C11H5F5N.BO3/c3*12-6-7(13)9(15)11(10(16)8(6)14)17-4-2-1-3-5-17;2-1(3)4/h3*1-5H;/q3*+1;-3. The zero-order valence-corrected chi connectivity index (χ0v) is 26.5. The predicted molar refractivity (Wildman–Crippen MR) is 149 cm³/mol. The molecule has 0 bridgehead atoms. The van der Waals surface area contributed by atoms with Gasteiger partial charge in [-0.05, 0) is 0 Å². The highest BCUT2D eigenvalue weighted by Crippen LogP contribution is 2.25. The molecule has 0 fully saturated rings. The van der Waals surface area contributed by atoms with Crippen LogP contribution in [0.1, 0.15) is 0 Å². The van der Waals surface area contributed by atoms with Crippen molar-refractivity contribution >= 4 is 7.32 Å². The Hall–Kier alpha value is -6.00. The number of benzene rings is 3. The van der Waals surface area contributed by atoms with E-state index in [0.717, 1.165) is 13.7 Å². The van der Waals surface area contributed by atoms with Crippen LogP contribution in [0.3, 0.4) is 0 Å². The van der Waals surface area contributed by atoms with E-state index in [1.54, 1.807) is 18.2 Å². The fourth-order valence-corrected chi connectivity index (χ4v) is 4.10. The van der Waals surface area contributed by atoms with Crippen LogP contribution in [0.25, 0.3) is 17.1 Å². The average molecular weight is 797 g/mol. The molecule has 6 aromatic rings. The summed E-state index contributed by atoms with van der Waals surface area (Å²) in [6, 6.07) is 13.0. The van der Waals surface area contributed by atoms with E-state index in [1.807, 2.05) is 0 Å². The Bertz CT molecular complexity index is 1940. The number of rotatable bonds is 3. The molecule has 6 rings (SSSR count). The van der Waals surface area contributed by atoms with Crippen molar-refractivity contribution in [2.75, 3.05) is 0 Å². The van der Waals surface area contributed by atoms with Gasteiger partial charge in [0.05, 0.1) is 0 Å². The van der Waals surface area contributed by atoms with E-state index in [9.17, 15) is 65.9 Å². The van der Waals surface area contributed by atoms with Crippen molar-refractivity contribution in [3.8, 4) is 17.1 Å². The van der Waals surface area contributed by atoms with Crippen LogP contribution in [0.5, 0.6) is 0 Å². The molecule has 0 amide bonds. The molecule has 55 heavy (non-hydrogen) atoms. The van der Waals surface area contributed by atoms with Crippen LogP contribution in [-0.2, 0) is 0 Å². The summed E-state index contributed by atoms with van der Waals surface area (Å²) in [5.41, 5.74) is -2.99. The molecule has 22 heteroatoms. The first-order valence-electron chi connectivity index (χ1n) is 14.3. The summed E-state index contributed by atoms with van der Waals surface area (Å²) in [4.78, 5) is 0. The van der Waals surface area contributed by atoms with Gasteiger partial charge in [-0.15, -0.1) is 0 Å². The maximum Gasteiger partial charge on any atom is 0.289 e. The minimum absolute atomic E-state index is 0.816. The molecule has 288 valence electrons. The molecular formula is C33H15BF15N3O3. The Balaban J connectivity index is 0.000000211. The fraction of sp³-hybridized carbons (Fsp3) is 0. The monoisotopic (exact) mass is 797 g/mol. The summed E-state index contributed by atoms with van der Waals surface area (Å²) >= 11 is 0. The lowest BCUT2D eigenvalue weighted by Crippen LogP contribution is -2.56. The highest BCUT2D eigenvalue weighted by molar-refractivity contribution is 6.24. The van der Waals surface area contributed by atoms with E-state index >= 15 is 0 Å². The molecule has 6 nitrogen and oxygen atoms in total. The maximum atomic E-state index is 13.3. The molecular weight excluding hydrogens is 782 g/mol. The van der Waals surface area contributed by atoms with E-state index in [2.05, 4.69) is 0 Å². The Morgan fingerprint density at radius 1 is 0.255 bits per heavy atom. The first kappa shape index (κ1) is 43.4. The quantitative estimate of drug-likeness (QED) is 0.0893. The van der Waals surface area contributed by atoms with Crippen molar-refractivity contribution in [3.05, 3.63) is 179 Å². The lowest BCUT2D eigenvalue weighted by atomic mass is 10.2. The van der Waals surface area contributed by atoms with Crippen molar-refractivity contribution in [1.82, 2.24) is 0 Å². The molecule has 0 unspecified atom stereocenters. The fourth-order valence-electron chi connectivity index (χ4n) is 4.10. The zero-order valence-electron chi connectivity index (χ0n) is 26.5. The van der Waals surface area contributed by atoms with Crippen LogP contribution in [0.4, 0.5) is 65.9 Å². The van der Waals surface area contributed by atoms with Gasteiger partial charge in [0, 0.05) is 36.4 Å². The second-order valence-electron chi connectivity index (χ2n) is 9.89. The highest BCUT2D eigenvalue weighted by atomic mass is 19.2. The molecule has 0 aliphatic carbocycles. The lowest BCUT2D eigenvalue weighted by Gasteiger charge is -2.35. The van der Waals surface area contributed by atoms with Crippen molar-refractivity contribution in [2.24, 2.45) is 0 Å². The van der Waals surface area contributed by atoms with E-state index in [-0.39, 0.29) is 0 Å². The van der Waals surface area contributed by atoms with E-state index < -0.39 is 112 Å². The molecule has 0 spiro atoms. The molecule has 0 saturated carbocycles. The summed E-state index contributed by atoms with van der Waals surface area (Å²) in [6.45, 7) is 0. The summed E-state index contributed by atoms with van der Waals surface area (Å²) in [7, 11) is -2.92. The Morgan fingerprint density at radius 2 is 0.382 bits per heavy atom. The van der Waals surface area contributed by atoms with Crippen LogP contribution >= 0.6 is 0 Å². The van der Waals surface area contributed by atoms with Gasteiger partial charge in [0.15, 0.2) is 37.2 Å². The van der Waals surface area contributed by atoms with Crippen LogP contribution in [0.15, 0.2) is 91.8 Å². The van der Waals surface area contributed by atoms with Gasteiger partial charge < -0.3 is 15.1 Å². The Kier molecular flexibility index (Phi) is 14.9. The molecule has 0 aliphatic rings. The summed E-state index contributed by atoms with van der Waals surface area (Å²) in [5, 5.41) is 25.2. The van der Waals surface area contributed by atoms with Crippen molar-refractivity contribution in [2.45, 2.75) is 0 Å². The molecule has 0 N–H and O–H groups in total. The Labute approximate surface area is 298 Å². The Morgan fingerprint density at radius 3 is 0.527 bits per heavy atom. The van der Waals surface area contributed by atoms with Crippen LogP contribution in [0, 0.1) is 87.3 Å². The average Bonchev–Trinajstić information content (AvgIpc) is 3.18. The van der Waals surface area contributed by atoms with Gasteiger partial charge in [0.2, 0.25) is 87.3 Å². The molecule has 0 atom stereocenters. The van der Waals surface area contributed by atoms with Gasteiger partial charge in [-0.2, -0.15) is 40.0 Å². The summed E-state index contributed by atoms with van der Waals surface area (Å²) < 4.78 is 198. The van der Waals surface area contributed by atoms with Gasteiger partial charge >= 0.3 is 0 Å².